The minimum atomic E-state index is 0. The maximum absolute atomic E-state index is 3.81. The van der Waals surface area contributed by atoms with Gasteiger partial charge in [-0.25, -0.2) is 0 Å². The summed E-state index contributed by atoms with van der Waals surface area (Å²) < 4.78 is 1.24. The van der Waals surface area contributed by atoms with E-state index in [-0.39, 0.29) is 12.4 Å². The van der Waals surface area contributed by atoms with Crippen molar-refractivity contribution in [1.29, 1.82) is 0 Å². The molecule has 0 rings (SSSR count). The minimum Gasteiger partial charge on any atom is -1.00 e. The summed E-state index contributed by atoms with van der Waals surface area (Å²) in [7, 11) is 4.92. The van der Waals surface area contributed by atoms with Gasteiger partial charge in [-0.1, -0.05) is 154 Å². The molecule has 0 N–H and O–H groups in total. The van der Waals surface area contributed by atoms with Gasteiger partial charge >= 0.3 is 0 Å². The third-order valence-electron chi connectivity index (χ3n) is 8.29. The Morgan fingerprint density at radius 1 is 0.405 bits per heavy atom. The molecule has 0 saturated carbocycles. The van der Waals surface area contributed by atoms with E-state index in [2.05, 4.69) is 33.7 Å². The van der Waals surface area contributed by atoms with Gasteiger partial charge in [-0.15, -0.1) is 6.58 Å². The lowest BCUT2D eigenvalue weighted by atomic mass is 10.0. The summed E-state index contributed by atoms with van der Waals surface area (Å²) in [5.74, 6) is 0. The summed E-state index contributed by atoms with van der Waals surface area (Å²) in [6.07, 6.45) is 42.5. The van der Waals surface area contributed by atoms with Crippen molar-refractivity contribution >= 4 is 0 Å². The summed E-state index contributed by atoms with van der Waals surface area (Å²) in [4.78, 5) is 0. The van der Waals surface area contributed by atoms with Crippen LogP contribution in [0.4, 0.5) is 0 Å². The smallest absolute Gasteiger partial charge is 0.0782 e. The van der Waals surface area contributed by atoms with Crippen LogP contribution >= 0.6 is 0 Å². The van der Waals surface area contributed by atoms with Crippen molar-refractivity contribution in [3.63, 3.8) is 0 Å². The molecule has 1 nitrogen and oxygen atoms in total. The van der Waals surface area contributed by atoms with E-state index in [0.29, 0.717) is 0 Å². The van der Waals surface area contributed by atoms with E-state index in [1.807, 2.05) is 0 Å². The largest absolute Gasteiger partial charge is 1.00 e. The van der Waals surface area contributed by atoms with Crippen molar-refractivity contribution < 1.29 is 16.9 Å². The Balaban J connectivity index is 0. The van der Waals surface area contributed by atoms with Crippen molar-refractivity contribution in [3.8, 4) is 0 Å². The van der Waals surface area contributed by atoms with E-state index in [0.717, 1.165) is 0 Å². The highest BCUT2D eigenvalue weighted by molar-refractivity contribution is 4.65. The molecule has 0 saturated heterocycles. The number of hydrogen-bond acceptors (Lipinski definition) is 0. The summed E-state index contributed by atoms with van der Waals surface area (Å²) in [6.45, 7) is 8.87. The van der Waals surface area contributed by atoms with Crippen LogP contribution in [0.1, 0.15) is 187 Å². The fourth-order valence-electron chi connectivity index (χ4n) is 5.62. The lowest BCUT2D eigenvalue weighted by Gasteiger charge is -2.30. The first-order chi connectivity index (χ1) is 17.6. The minimum absolute atomic E-state index is 0. The quantitative estimate of drug-likeness (QED) is 0.0466. The highest BCUT2D eigenvalue weighted by Gasteiger charge is 2.13. The summed E-state index contributed by atoms with van der Waals surface area (Å²) in [5, 5.41) is 0. The monoisotopic (exact) mass is 542 g/mol. The molecule has 0 heterocycles. The fourth-order valence-corrected chi connectivity index (χ4v) is 5.62. The van der Waals surface area contributed by atoms with Crippen LogP contribution in [0, 0.1) is 0 Å². The lowest BCUT2D eigenvalue weighted by molar-refractivity contribution is -0.890. The van der Waals surface area contributed by atoms with Gasteiger partial charge < -0.3 is 16.9 Å². The molecule has 0 aliphatic heterocycles. The Morgan fingerprint density at radius 2 is 0.649 bits per heavy atom. The second-order valence-electron chi connectivity index (χ2n) is 12.7. The number of unbranched alkanes of at least 4 members (excludes halogenated alkanes) is 26. The van der Waals surface area contributed by atoms with E-state index in [1.54, 1.807) is 0 Å². The molecule has 0 atom stereocenters. The van der Waals surface area contributed by atoms with Crippen molar-refractivity contribution in [1.82, 2.24) is 0 Å². The Kier molecular flexibility index (Phi) is 34.1. The maximum Gasteiger partial charge on any atom is 0.0782 e. The first-order valence-corrected chi connectivity index (χ1v) is 17.1. The highest BCUT2D eigenvalue weighted by Crippen LogP contribution is 2.15. The van der Waals surface area contributed by atoms with Crippen molar-refractivity contribution in [2.45, 2.75) is 187 Å². The molecular weight excluding hydrogens is 470 g/mol. The third kappa shape index (κ3) is 34.0. The van der Waals surface area contributed by atoms with E-state index in [4.69, 9.17) is 0 Å². The molecule has 0 aliphatic carbocycles. The van der Waals surface area contributed by atoms with Gasteiger partial charge in [-0.3, -0.25) is 0 Å². The zero-order valence-corrected chi connectivity index (χ0v) is 27.1. The van der Waals surface area contributed by atoms with Crippen molar-refractivity contribution in [3.05, 3.63) is 12.7 Å². The molecule has 0 aromatic rings. The van der Waals surface area contributed by atoms with Crippen molar-refractivity contribution in [2.24, 2.45) is 0 Å². The van der Waals surface area contributed by atoms with Crippen LogP contribution in [0.15, 0.2) is 12.7 Å². The Hall–Kier alpha value is -0.0100. The Bertz CT molecular complexity index is 419. The Morgan fingerprint density at radius 3 is 0.919 bits per heavy atom. The second-order valence-corrected chi connectivity index (χ2v) is 12.7. The van der Waals surface area contributed by atoms with E-state index in [1.165, 1.54) is 197 Å². The predicted molar refractivity (Wildman–Crippen MR) is 167 cm³/mol. The highest BCUT2D eigenvalue weighted by atomic mass is 35.5. The topological polar surface area (TPSA) is 0 Å². The van der Waals surface area contributed by atoms with E-state index < -0.39 is 0 Å². The first-order valence-electron chi connectivity index (χ1n) is 17.1. The van der Waals surface area contributed by atoms with Crippen LogP contribution in [-0.4, -0.2) is 31.7 Å². The van der Waals surface area contributed by atoms with Gasteiger partial charge in [0, 0.05) is 0 Å². The lowest BCUT2D eigenvalue weighted by Crippen LogP contribution is -3.00. The molecule has 0 spiro atoms. The predicted octanol–water partition coefficient (Wildman–Crippen LogP) is 9.20. The van der Waals surface area contributed by atoms with Gasteiger partial charge in [0.05, 0.1) is 27.2 Å². The summed E-state index contributed by atoms with van der Waals surface area (Å²) >= 11 is 0. The zero-order chi connectivity index (χ0) is 26.4. The molecule has 0 aliphatic rings. The second kappa shape index (κ2) is 32.2. The normalized spacial score (nSPS) is 11.5. The average molecular weight is 542 g/mol. The number of rotatable bonds is 31. The average Bonchev–Trinajstić information content (AvgIpc) is 2.86. The molecule has 2 heteroatoms. The molecule has 0 unspecified atom stereocenters. The van der Waals surface area contributed by atoms with E-state index >= 15 is 0 Å². The van der Waals surface area contributed by atoms with Gasteiger partial charge in [-0.05, 0) is 38.5 Å². The number of nitrogens with zero attached hydrogens (tertiary/aromatic N) is 1. The maximum atomic E-state index is 3.81. The van der Waals surface area contributed by atoms with Crippen LogP contribution in [0.25, 0.3) is 0 Å². The number of allylic oxidation sites excluding steroid dienone is 1. The third-order valence-corrected chi connectivity index (χ3v) is 8.29. The number of quaternary nitrogens is 1. The fraction of sp³-hybridized carbons (Fsp3) is 0.943. The van der Waals surface area contributed by atoms with Crippen LogP contribution in [0.5, 0.6) is 0 Å². The summed E-state index contributed by atoms with van der Waals surface area (Å²) in [6, 6.07) is 0. The van der Waals surface area contributed by atoms with Crippen molar-refractivity contribution in [2.75, 3.05) is 27.2 Å². The summed E-state index contributed by atoms with van der Waals surface area (Å²) in [5.41, 5.74) is 0. The van der Waals surface area contributed by atoms with Crippen LogP contribution in [0.3, 0.4) is 0 Å². The number of hydrogen-bond donors (Lipinski definition) is 0. The Labute approximate surface area is 243 Å². The first kappa shape index (κ1) is 39.1. The molecular formula is C35H72ClN. The van der Waals surface area contributed by atoms with Crippen LogP contribution in [0.2, 0.25) is 0 Å². The zero-order valence-electron chi connectivity index (χ0n) is 26.3. The standard InChI is InChI=1S/C35H72N.ClH/c1-5-7-9-11-13-15-17-19-20-21-23-25-27-29-31-33-35-36(3,4)34-32-30-28-26-24-22-18-16-14-12-10-8-6-2;/h6H,2,5,7-35H2,1,3-4H3;1H/q+1;/p-1. The molecule has 0 amide bonds. The van der Waals surface area contributed by atoms with Gasteiger partial charge in [0.2, 0.25) is 0 Å². The van der Waals surface area contributed by atoms with Gasteiger partial charge in [0.1, 0.15) is 0 Å². The molecule has 224 valence electrons. The van der Waals surface area contributed by atoms with Crippen LogP contribution in [-0.2, 0) is 0 Å². The van der Waals surface area contributed by atoms with Gasteiger partial charge in [0.25, 0.3) is 0 Å². The number of halogens is 1. The molecule has 0 aromatic carbocycles. The molecule has 0 bridgehead atoms. The van der Waals surface area contributed by atoms with Crippen LogP contribution < -0.4 is 12.4 Å². The van der Waals surface area contributed by atoms with E-state index in [9.17, 15) is 0 Å². The molecule has 0 aromatic heterocycles. The molecule has 37 heavy (non-hydrogen) atoms. The SMILES string of the molecule is C=CCCCCCCCCCCCCC[N+](C)(C)CCCCCCCCCCCCCCCCCC.[Cl-]. The van der Waals surface area contributed by atoms with Gasteiger partial charge in [-0.2, -0.15) is 0 Å². The molecule has 0 fully saturated rings. The molecule has 0 radical (unpaired) electrons. The van der Waals surface area contributed by atoms with Gasteiger partial charge in [0.15, 0.2) is 0 Å².